The molecule has 0 fully saturated rings. The van der Waals surface area contributed by atoms with Crippen LogP contribution in [-0.4, -0.2) is 37.2 Å². The van der Waals surface area contributed by atoms with Gasteiger partial charge in [0.15, 0.2) is 6.10 Å². The topological polar surface area (TPSA) is 78.9 Å². The summed E-state index contributed by atoms with van der Waals surface area (Å²) in [6, 6.07) is 0. The molecule has 400 valence electrons. The molecule has 6 heteroatoms. The average molecular weight is 974 g/mol. The van der Waals surface area contributed by atoms with Gasteiger partial charge in [-0.15, -0.1) is 0 Å². The van der Waals surface area contributed by atoms with Crippen molar-refractivity contribution in [3.05, 3.63) is 97.2 Å². The lowest BCUT2D eigenvalue weighted by Gasteiger charge is -2.18. The van der Waals surface area contributed by atoms with Gasteiger partial charge < -0.3 is 14.2 Å². The summed E-state index contributed by atoms with van der Waals surface area (Å²) >= 11 is 0. The largest absolute Gasteiger partial charge is 0.462 e. The summed E-state index contributed by atoms with van der Waals surface area (Å²) in [6.07, 6.45) is 76.8. The zero-order valence-corrected chi connectivity index (χ0v) is 45.8. The summed E-state index contributed by atoms with van der Waals surface area (Å²) in [5, 5.41) is 0. The summed E-state index contributed by atoms with van der Waals surface area (Å²) in [5.74, 6) is -0.969. The van der Waals surface area contributed by atoms with E-state index in [4.69, 9.17) is 14.2 Å². The summed E-state index contributed by atoms with van der Waals surface area (Å²) in [4.78, 5) is 38.2. The van der Waals surface area contributed by atoms with Crippen LogP contribution in [0.15, 0.2) is 97.2 Å². The van der Waals surface area contributed by atoms with Crippen molar-refractivity contribution in [1.29, 1.82) is 0 Å². The number of unbranched alkanes of at least 4 members (excludes halogenated alkanes) is 25. The molecule has 0 aliphatic carbocycles. The van der Waals surface area contributed by atoms with Crippen molar-refractivity contribution in [3.8, 4) is 0 Å². The number of hydrogen-bond acceptors (Lipinski definition) is 6. The monoisotopic (exact) mass is 973 g/mol. The number of carbonyl (C=O) groups excluding carboxylic acids is 3. The van der Waals surface area contributed by atoms with Gasteiger partial charge in [0.05, 0.1) is 0 Å². The molecule has 0 saturated carbocycles. The van der Waals surface area contributed by atoms with Crippen LogP contribution in [0, 0.1) is 0 Å². The highest BCUT2D eigenvalue weighted by Gasteiger charge is 2.19. The Hall–Kier alpha value is -3.67. The lowest BCUT2D eigenvalue weighted by Crippen LogP contribution is -2.30. The van der Waals surface area contributed by atoms with E-state index in [1.165, 1.54) is 122 Å². The van der Waals surface area contributed by atoms with Crippen molar-refractivity contribution in [2.75, 3.05) is 13.2 Å². The van der Waals surface area contributed by atoms with Crippen molar-refractivity contribution in [2.45, 2.75) is 277 Å². The van der Waals surface area contributed by atoms with Crippen molar-refractivity contribution in [1.82, 2.24) is 0 Å². The first kappa shape index (κ1) is 66.3. The van der Waals surface area contributed by atoms with Gasteiger partial charge in [-0.05, 0) is 96.3 Å². The molecule has 0 aliphatic rings. The number of ether oxygens (including phenoxy) is 3. The second-order valence-electron chi connectivity index (χ2n) is 19.2. The number of carbonyl (C=O) groups is 3. The second-order valence-corrected chi connectivity index (χ2v) is 19.2. The van der Waals surface area contributed by atoms with Gasteiger partial charge in [0.2, 0.25) is 0 Å². The molecule has 0 aromatic heterocycles. The molecule has 0 spiro atoms. The number of esters is 3. The van der Waals surface area contributed by atoms with E-state index in [0.717, 1.165) is 103 Å². The fourth-order valence-corrected chi connectivity index (χ4v) is 7.96. The summed E-state index contributed by atoms with van der Waals surface area (Å²) in [7, 11) is 0. The van der Waals surface area contributed by atoms with E-state index in [2.05, 4.69) is 118 Å². The van der Waals surface area contributed by atoms with Gasteiger partial charge in [0.1, 0.15) is 13.2 Å². The highest BCUT2D eigenvalue weighted by Crippen LogP contribution is 2.15. The van der Waals surface area contributed by atoms with Gasteiger partial charge in [-0.1, -0.05) is 253 Å². The van der Waals surface area contributed by atoms with Crippen molar-refractivity contribution >= 4 is 17.9 Å². The molecule has 0 heterocycles. The molecule has 0 aromatic carbocycles. The van der Waals surface area contributed by atoms with E-state index in [-0.39, 0.29) is 37.5 Å². The van der Waals surface area contributed by atoms with E-state index in [1.54, 1.807) is 0 Å². The van der Waals surface area contributed by atoms with Gasteiger partial charge in [-0.2, -0.15) is 0 Å². The minimum atomic E-state index is -0.813. The Morgan fingerprint density at radius 3 is 0.943 bits per heavy atom. The maximum absolute atomic E-state index is 12.8. The molecule has 0 saturated heterocycles. The van der Waals surface area contributed by atoms with Crippen LogP contribution in [0.1, 0.15) is 271 Å². The molecule has 1 unspecified atom stereocenters. The first-order valence-electron chi connectivity index (χ1n) is 29.2. The maximum Gasteiger partial charge on any atom is 0.306 e. The van der Waals surface area contributed by atoms with Crippen LogP contribution in [0.2, 0.25) is 0 Å². The number of rotatable bonds is 52. The van der Waals surface area contributed by atoms with Crippen LogP contribution in [0.3, 0.4) is 0 Å². The van der Waals surface area contributed by atoms with Crippen LogP contribution < -0.4 is 0 Å². The lowest BCUT2D eigenvalue weighted by atomic mass is 10.0. The predicted octanol–water partition coefficient (Wildman–Crippen LogP) is 19.7. The minimum absolute atomic E-state index is 0.103. The predicted molar refractivity (Wildman–Crippen MR) is 302 cm³/mol. The summed E-state index contributed by atoms with van der Waals surface area (Å²) < 4.78 is 16.8. The van der Waals surface area contributed by atoms with Crippen molar-refractivity contribution in [3.63, 3.8) is 0 Å². The third kappa shape index (κ3) is 55.3. The standard InChI is InChI=1S/C64H108O6/c1-4-7-10-13-16-19-22-25-28-31-32-34-36-39-42-45-48-51-54-57-63(66)69-60-61(59-68-62(65)56-53-50-47-44-41-38-35-30-27-24-21-18-15-12-9-6-3)70-64(67)58-55-52-49-46-43-40-37-33-29-26-23-20-17-14-11-8-5-2/h8,11,16-17,19-20,25-26,28-29,32,34,37,40,46,49,61H,4-7,9-10,12-15,18,21-24,27,30-31,33,35-36,38-39,41-45,47-48,50-60H2,1-3H3/b11-8-,19-16-,20-17-,28-25-,29-26-,34-32-,40-37-,49-46-. The number of hydrogen-bond donors (Lipinski definition) is 0. The minimum Gasteiger partial charge on any atom is -0.462 e. The van der Waals surface area contributed by atoms with Gasteiger partial charge in [-0.3, -0.25) is 14.4 Å². The Kier molecular flexibility index (Phi) is 54.9. The van der Waals surface area contributed by atoms with Crippen LogP contribution in [0.5, 0.6) is 0 Å². The highest BCUT2D eigenvalue weighted by atomic mass is 16.6. The molecular formula is C64H108O6. The third-order valence-electron chi connectivity index (χ3n) is 12.3. The quantitative estimate of drug-likeness (QED) is 0.0262. The first-order valence-corrected chi connectivity index (χ1v) is 29.2. The molecule has 0 rings (SSSR count). The fraction of sp³-hybridized carbons (Fsp3) is 0.703. The van der Waals surface area contributed by atoms with Crippen LogP contribution in [-0.2, 0) is 28.6 Å². The fourth-order valence-electron chi connectivity index (χ4n) is 7.96. The smallest absolute Gasteiger partial charge is 0.306 e. The van der Waals surface area contributed by atoms with Gasteiger partial charge in [0.25, 0.3) is 0 Å². The normalized spacial score (nSPS) is 12.8. The summed E-state index contributed by atoms with van der Waals surface area (Å²) in [6.45, 7) is 6.46. The lowest BCUT2D eigenvalue weighted by molar-refractivity contribution is -0.167. The Bertz CT molecular complexity index is 1400. The van der Waals surface area contributed by atoms with E-state index in [9.17, 15) is 14.4 Å². The SMILES string of the molecule is CC/C=C\C/C=C\C/C=C\C/C=C\C/C=C\CCCC(=O)OC(COC(=O)CCCCCCCC/C=C\C/C=C\C/C=C\CCCCC)COC(=O)CCCCCCCCCCCCCCCCCC. The molecular weight excluding hydrogens is 865 g/mol. The van der Waals surface area contributed by atoms with E-state index >= 15 is 0 Å². The average Bonchev–Trinajstić information content (AvgIpc) is 3.36. The molecule has 6 nitrogen and oxygen atoms in total. The summed E-state index contributed by atoms with van der Waals surface area (Å²) in [5.41, 5.74) is 0. The van der Waals surface area contributed by atoms with Crippen molar-refractivity contribution < 1.29 is 28.6 Å². The molecule has 1 atom stereocenters. The Labute approximate surface area is 432 Å². The molecule has 0 bridgehead atoms. The third-order valence-corrected chi connectivity index (χ3v) is 12.3. The van der Waals surface area contributed by atoms with E-state index in [0.29, 0.717) is 19.3 Å². The number of allylic oxidation sites excluding steroid dienone is 16. The van der Waals surface area contributed by atoms with Crippen LogP contribution in [0.25, 0.3) is 0 Å². The van der Waals surface area contributed by atoms with E-state index < -0.39 is 6.10 Å². The van der Waals surface area contributed by atoms with Gasteiger partial charge in [0, 0.05) is 19.3 Å². The zero-order chi connectivity index (χ0) is 50.7. The van der Waals surface area contributed by atoms with E-state index in [1.807, 2.05) is 0 Å². The Morgan fingerprint density at radius 2 is 0.571 bits per heavy atom. The molecule has 0 amide bonds. The molecule has 70 heavy (non-hydrogen) atoms. The van der Waals surface area contributed by atoms with Gasteiger partial charge in [-0.25, -0.2) is 0 Å². The maximum atomic E-state index is 12.8. The van der Waals surface area contributed by atoms with Crippen LogP contribution >= 0.6 is 0 Å². The zero-order valence-electron chi connectivity index (χ0n) is 45.8. The first-order chi connectivity index (χ1) is 34.5. The highest BCUT2D eigenvalue weighted by molar-refractivity contribution is 5.71. The van der Waals surface area contributed by atoms with Crippen molar-refractivity contribution in [2.24, 2.45) is 0 Å². The van der Waals surface area contributed by atoms with Gasteiger partial charge >= 0.3 is 17.9 Å². The molecule has 0 aliphatic heterocycles. The van der Waals surface area contributed by atoms with Crippen LogP contribution in [0.4, 0.5) is 0 Å². The Balaban J connectivity index is 4.49. The Morgan fingerprint density at radius 1 is 0.300 bits per heavy atom. The second kappa shape index (κ2) is 57.9. The molecule has 0 aromatic rings. The molecule has 0 N–H and O–H groups in total. The molecule has 0 radical (unpaired) electrons.